The smallest absolute Gasteiger partial charge is 0.129 e. The molecule has 0 aromatic carbocycles. The lowest BCUT2D eigenvalue weighted by Crippen LogP contribution is -2.24. The highest BCUT2D eigenvalue weighted by atomic mass is 32.1. The summed E-state index contributed by atoms with van der Waals surface area (Å²) in [5.74, 6) is 2.81. The minimum atomic E-state index is -0.307. The van der Waals surface area contributed by atoms with E-state index in [-0.39, 0.29) is 6.10 Å². The molecular weight excluding hydrogens is 232 g/mol. The van der Waals surface area contributed by atoms with Crippen LogP contribution in [-0.2, 0) is 0 Å². The van der Waals surface area contributed by atoms with Crippen LogP contribution in [0.25, 0.3) is 0 Å². The zero-order chi connectivity index (χ0) is 12.4. The van der Waals surface area contributed by atoms with Crippen LogP contribution in [0.4, 0.5) is 0 Å². The molecule has 0 saturated heterocycles. The molecule has 0 amide bonds. The molecule has 0 spiro atoms. The summed E-state index contributed by atoms with van der Waals surface area (Å²) in [7, 11) is 1.67. The summed E-state index contributed by atoms with van der Waals surface area (Å²) in [6, 6.07) is 1.97. The summed E-state index contributed by atoms with van der Waals surface area (Å²) in [5.41, 5.74) is 0. The first-order valence-electron chi connectivity index (χ1n) is 6.42. The lowest BCUT2D eigenvalue weighted by atomic mass is 9.74. The average molecular weight is 254 g/mol. The molecule has 2 rings (SSSR count). The molecule has 1 N–H and O–H groups in total. The van der Waals surface area contributed by atoms with Gasteiger partial charge in [-0.15, -0.1) is 11.3 Å². The van der Waals surface area contributed by atoms with Crippen LogP contribution in [0.2, 0.25) is 0 Å². The van der Waals surface area contributed by atoms with E-state index in [0.29, 0.717) is 5.92 Å². The normalized spacial score (nSPS) is 31.2. The van der Waals surface area contributed by atoms with Crippen LogP contribution in [0.3, 0.4) is 0 Å². The maximum atomic E-state index is 10.4. The van der Waals surface area contributed by atoms with Crippen LogP contribution in [0.5, 0.6) is 5.75 Å². The average Bonchev–Trinajstić information content (AvgIpc) is 2.80. The molecule has 2 nitrogen and oxygen atoms in total. The van der Waals surface area contributed by atoms with E-state index >= 15 is 0 Å². The highest BCUT2D eigenvalue weighted by Crippen LogP contribution is 2.41. The first kappa shape index (κ1) is 12.9. The Hall–Kier alpha value is -0.540. The summed E-state index contributed by atoms with van der Waals surface area (Å²) in [5, 5.41) is 12.4. The molecule has 4 unspecified atom stereocenters. The Morgan fingerprint density at radius 3 is 2.71 bits per heavy atom. The minimum absolute atomic E-state index is 0.307. The molecule has 4 atom stereocenters. The van der Waals surface area contributed by atoms with E-state index in [1.165, 1.54) is 6.42 Å². The summed E-state index contributed by atoms with van der Waals surface area (Å²) in [6.07, 6.45) is 3.22. The standard InChI is InChI=1S/C14H22O2S/c1-9-4-5-11(6-10(9)2)14(15)13-7-12(16-3)8-17-13/h7-11,14-15H,4-6H2,1-3H3. The summed E-state index contributed by atoms with van der Waals surface area (Å²) >= 11 is 1.60. The zero-order valence-corrected chi connectivity index (χ0v) is 11.7. The van der Waals surface area contributed by atoms with E-state index in [1.54, 1.807) is 18.4 Å². The van der Waals surface area contributed by atoms with Gasteiger partial charge in [-0.25, -0.2) is 0 Å². The highest BCUT2D eigenvalue weighted by molar-refractivity contribution is 7.10. The number of thiophene rings is 1. The van der Waals surface area contributed by atoms with E-state index in [9.17, 15) is 5.11 Å². The van der Waals surface area contributed by atoms with Gasteiger partial charge in [0.15, 0.2) is 0 Å². The van der Waals surface area contributed by atoms with Gasteiger partial charge in [0.25, 0.3) is 0 Å². The molecule has 0 aliphatic heterocycles. The number of aliphatic hydroxyl groups excluding tert-OH is 1. The van der Waals surface area contributed by atoms with Gasteiger partial charge in [0.2, 0.25) is 0 Å². The van der Waals surface area contributed by atoms with Gasteiger partial charge in [-0.2, -0.15) is 0 Å². The zero-order valence-electron chi connectivity index (χ0n) is 10.8. The topological polar surface area (TPSA) is 29.5 Å². The Balaban J connectivity index is 2.02. The van der Waals surface area contributed by atoms with E-state index in [2.05, 4.69) is 13.8 Å². The number of ether oxygens (including phenoxy) is 1. The van der Waals surface area contributed by atoms with Crippen molar-refractivity contribution in [1.29, 1.82) is 0 Å². The highest BCUT2D eigenvalue weighted by Gasteiger charge is 2.30. The second-order valence-electron chi connectivity index (χ2n) is 5.36. The quantitative estimate of drug-likeness (QED) is 0.887. The molecule has 96 valence electrons. The van der Waals surface area contributed by atoms with E-state index in [0.717, 1.165) is 35.3 Å². The first-order chi connectivity index (χ1) is 8.11. The van der Waals surface area contributed by atoms with Crippen molar-refractivity contribution >= 4 is 11.3 Å². The van der Waals surface area contributed by atoms with Gasteiger partial charge in [0.05, 0.1) is 13.2 Å². The maximum absolute atomic E-state index is 10.4. The van der Waals surface area contributed by atoms with Gasteiger partial charge >= 0.3 is 0 Å². The van der Waals surface area contributed by atoms with Crippen molar-refractivity contribution in [1.82, 2.24) is 0 Å². The molecule has 0 bridgehead atoms. The number of hydrogen-bond acceptors (Lipinski definition) is 3. The molecule has 3 heteroatoms. The maximum Gasteiger partial charge on any atom is 0.129 e. The van der Waals surface area contributed by atoms with Crippen LogP contribution in [0.1, 0.15) is 44.1 Å². The third kappa shape index (κ3) is 2.83. The van der Waals surface area contributed by atoms with Gasteiger partial charge in [-0.3, -0.25) is 0 Å². The second-order valence-corrected chi connectivity index (χ2v) is 6.30. The van der Waals surface area contributed by atoms with E-state index in [1.807, 2.05) is 11.4 Å². The van der Waals surface area contributed by atoms with Gasteiger partial charge < -0.3 is 9.84 Å². The van der Waals surface area contributed by atoms with Crippen LogP contribution in [0, 0.1) is 17.8 Å². The molecule has 0 radical (unpaired) electrons. The monoisotopic (exact) mass is 254 g/mol. The summed E-state index contributed by atoms with van der Waals surface area (Å²) in [6.45, 7) is 4.62. The minimum Gasteiger partial charge on any atom is -0.496 e. The van der Waals surface area contributed by atoms with Crippen molar-refractivity contribution < 1.29 is 9.84 Å². The third-order valence-corrected chi connectivity index (χ3v) is 5.19. The van der Waals surface area contributed by atoms with Crippen molar-refractivity contribution in [2.45, 2.75) is 39.2 Å². The predicted octanol–water partition coefficient (Wildman–Crippen LogP) is 3.86. The predicted molar refractivity (Wildman–Crippen MR) is 71.5 cm³/mol. The van der Waals surface area contributed by atoms with Crippen molar-refractivity contribution in [3.8, 4) is 5.75 Å². The fraction of sp³-hybridized carbons (Fsp3) is 0.714. The van der Waals surface area contributed by atoms with Crippen molar-refractivity contribution in [3.05, 3.63) is 16.3 Å². The second kappa shape index (κ2) is 5.40. The molecule has 17 heavy (non-hydrogen) atoms. The van der Waals surface area contributed by atoms with Crippen LogP contribution < -0.4 is 4.74 Å². The number of aliphatic hydroxyl groups is 1. The SMILES string of the molecule is COc1csc(C(O)C2CCC(C)C(C)C2)c1. The summed E-state index contributed by atoms with van der Waals surface area (Å²) in [4.78, 5) is 1.05. The Kier molecular flexibility index (Phi) is 4.10. The molecule has 1 heterocycles. The van der Waals surface area contributed by atoms with Crippen LogP contribution in [-0.4, -0.2) is 12.2 Å². The van der Waals surface area contributed by atoms with Crippen LogP contribution >= 0.6 is 11.3 Å². The Morgan fingerprint density at radius 1 is 1.35 bits per heavy atom. The van der Waals surface area contributed by atoms with Crippen molar-refractivity contribution in [2.24, 2.45) is 17.8 Å². The lowest BCUT2D eigenvalue weighted by molar-refractivity contribution is 0.0585. The van der Waals surface area contributed by atoms with E-state index in [4.69, 9.17) is 4.74 Å². The number of hydrogen-bond donors (Lipinski definition) is 1. The Bertz CT molecular complexity index is 361. The molecule has 1 aliphatic rings. The van der Waals surface area contributed by atoms with Gasteiger partial charge in [-0.1, -0.05) is 20.3 Å². The van der Waals surface area contributed by atoms with Gasteiger partial charge in [0.1, 0.15) is 5.75 Å². The van der Waals surface area contributed by atoms with Crippen LogP contribution in [0.15, 0.2) is 11.4 Å². The third-order valence-electron chi connectivity index (χ3n) is 4.21. The number of methoxy groups -OCH3 is 1. The molecule has 1 fully saturated rings. The molecule has 1 aromatic rings. The molecule has 1 saturated carbocycles. The largest absolute Gasteiger partial charge is 0.496 e. The first-order valence-corrected chi connectivity index (χ1v) is 7.30. The molecular formula is C14H22O2S. The van der Waals surface area contributed by atoms with Crippen molar-refractivity contribution in [3.63, 3.8) is 0 Å². The van der Waals surface area contributed by atoms with Crippen molar-refractivity contribution in [2.75, 3.05) is 7.11 Å². The lowest BCUT2D eigenvalue weighted by Gasteiger charge is -2.34. The van der Waals surface area contributed by atoms with E-state index < -0.39 is 0 Å². The number of rotatable bonds is 3. The fourth-order valence-electron chi connectivity index (χ4n) is 2.70. The molecule has 1 aliphatic carbocycles. The Labute approximate surface area is 108 Å². The van der Waals surface area contributed by atoms with Gasteiger partial charge in [-0.05, 0) is 36.7 Å². The fourth-order valence-corrected chi connectivity index (χ4v) is 3.64. The molecule has 1 aromatic heterocycles. The summed E-state index contributed by atoms with van der Waals surface area (Å²) < 4.78 is 5.17. The van der Waals surface area contributed by atoms with Gasteiger partial charge in [0, 0.05) is 10.3 Å². The Morgan fingerprint density at radius 2 is 2.12 bits per heavy atom.